The molecule has 0 aliphatic carbocycles. The normalized spacial score (nSPS) is 2.57. The van der Waals surface area contributed by atoms with Crippen molar-refractivity contribution in [2.24, 2.45) is 0 Å². The summed E-state index contributed by atoms with van der Waals surface area (Å²) in [6.07, 6.45) is 0. The molecule has 50 valence electrons. The largest absolute Gasteiger partial charge is 0.189 e. The minimum atomic E-state index is 0. The van der Waals surface area contributed by atoms with Gasteiger partial charge in [-0.1, -0.05) is 23.2 Å². The third-order valence-corrected chi connectivity index (χ3v) is 0. The second kappa shape index (κ2) is 46.8. The molecule has 0 unspecified atom stereocenters. The molecule has 0 aliphatic rings. The minimum Gasteiger partial charge on any atom is -0.147 e. The van der Waals surface area contributed by atoms with E-state index in [0.717, 1.165) is 0 Å². The molecule has 0 saturated heterocycles. The van der Waals surface area contributed by atoms with Crippen LogP contribution in [0.3, 0.4) is 0 Å². The molecule has 0 nitrogen and oxygen atoms in total. The first-order chi connectivity index (χ1) is 1.41. The lowest BCUT2D eigenvalue weighted by Crippen LogP contribution is -1.06. The second-order valence-corrected chi connectivity index (χ2v) is 0.643. The molecule has 0 aliphatic heterocycles. The molecule has 0 heterocycles. The molecule has 0 amide bonds. The van der Waals surface area contributed by atoms with Crippen LogP contribution in [0.25, 0.3) is 0 Å². The first kappa shape index (κ1) is 37.4. The number of hydrogen-bond acceptors (Lipinski definition) is 0. The summed E-state index contributed by atoms with van der Waals surface area (Å²) in [4.78, 5) is 0. The Bertz CT molecular complexity index is 4.14. The summed E-state index contributed by atoms with van der Waals surface area (Å²) in [5.41, 5.74) is 0. The van der Waals surface area contributed by atoms with E-state index in [1.807, 2.05) is 0 Å². The van der Waals surface area contributed by atoms with Crippen LogP contribution in [0.1, 0.15) is 0 Å². The van der Waals surface area contributed by atoms with Gasteiger partial charge in [0.25, 0.3) is 0 Å². The van der Waals surface area contributed by atoms with Gasteiger partial charge in [0.1, 0.15) is 0 Å². The van der Waals surface area contributed by atoms with Gasteiger partial charge in [0, 0.05) is 0 Å². The maximum Gasteiger partial charge on any atom is 0.189 e. The molecule has 2 radical (unpaired) electrons. The zero-order valence-electron chi connectivity index (χ0n) is 2.89. The summed E-state index contributed by atoms with van der Waals surface area (Å²) < 4.78 is 0. The summed E-state index contributed by atoms with van der Waals surface area (Å²) in [5.74, 6) is 0. The highest BCUT2D eigenvalue weighted by atomic mass is 35.5. The monoisotopic (exact) mass is 226 g/mol. The zero-order valence-corrected chi connectivity index (χ0v) is 7.67. The molecule has 0 N–H and O–H groups in total. The predicted octanol–water partition coefficient (Wildman–Crippen LogP) is 3.15. The standard InChI is InChI=1S/CCl2.4ClH/c2-1-3;;;;/h;4*1H. The molecule has 0 rings (SSSR count). The minimum absolute atomic E-state index is 0. The van der Waals surface area contributed by atoms with Crippen molar-refractivity contribution in [2.45, 2.75) is 0 Å². The average molecular weight is 229 g/mol. The van der Waals surface area contributed by atoms with Crippen LogP contribution in [-0.4, -0.2) is 0 Å². The fourth-order valence-electron chi connectivity index (χ4n) is 0. The van der Waals surface area contributed by atoms with Crippen LogP contribution in [0.15, 0.2) is 0 Å². The van der Waals surface area contributed by atoms with E-state index in [1.165, 1.54) is 0 Å². The fourth-order valence-corrected chi connectivity index (χ4v) is 0. The molecule has 0 bridgehead atoms. The Morgan fingerprint density at radius 3 is 0.714 bits per heavy atom. The summed E-state index contributed by atoms with van der Waals surface area (Å²) in [6.45, 7) is 0. The molecular formula is CH4Cl6. The number of halogens is 6. The van der Waals surface area contributed by atoms with E-state index in [1.54, 1.807) is 5.34 Å². The third kappa shape index (κ3) is 84.2. The van der Waals surface area contributed by atoms with Crippen molar-refractivity contribution in [1.82, 2.24) is 0 Å². The molecule has 0 spiro atoms. The van der Waals surface area contributed by atoms with E-state index in [0.29, 0.717) is 0 Å². The highest BCUT2D eigenvalue weighted by Crippen LogP contribution is 1.83. The van der Waals surface area contributed by atoms with Crippen LogP contribution in [0.2, 0.25) is 0 Å². The summed E-state index contributed by atoms with van der Waals surface area (Å²) >= 11 is 9.03. The van der Waals surface area contributed by atoms with Gasteiger partial charge in [0.15, 0.2) is 5.34 Å². The van der Waals surface area contributed by atoms with Crippen molar-refractivity contribution in [3.8, 4) is 0 Å². The van der Waals surface area contributed by atoms with Gasteiger partial charge in [-0.05, 0) is 0 Å². The Kier molecular flexibility index (Phi) is 250. The second-order valence-electron chi connectivity index (χ2n) is 0.0714. The summed E-state index contributed by atoms with van der Waals surface area (Å²) in [5, 5.41) is 1.69. The fraction of sp³-hybridized carbons (Fsp3) is 0. The van der Waals surface area contributed by atoms with Gasteiger partial charge in [-0.15, -0.1) is 49.6 Å². The topological polar surface area (TPSA) is 0 Å². The summed E-state index contributed by atoms with van der Waals surface area (Å²) in [7, 11) is 0. The number of rotatable bonds is 0. The first-order valence-corrected chi connectivity index (χ1v) is 1.13. The quantitative estimate of drug-likeness (QED) is 0.598. The van der Waals surface area contributed by atoms with Crippen LogP contribution < -0.4 is 0 Å². The molecule has 6 heteroatoms. The Morgan fingerprint density at radius 1 is 0.714 bits per heavy atom. The van der Waals surface area contributed by atoms with E-state index in [4.69, 9.17) is 0 Å². The Balaban J connectivity index is -0.00000000333. The Morgan fingerprint density at radius 2 is 0.714 bits per heavy atom. The van der Waals surface area contributed by atoms with Crippen molar-refractivity contribution in [3.63, 3.8) is 0 Å². The summed E-state index contributed by atoms with van der Waals surface area (Å²) in [6, 6.07) is 0. The van der Waals surface area contributed by atoms with Gasteiger partial charge in [0.05, 0.1) is 0 Å². The maximum atomic E-state index is 4.51. The molecule has 0 aromatic rings. The van der Waals surface area contributed by atoms with Crippen molar-refractivity contribution >= 4 is 72.8 Å². The highest BCUT2D eigenvalue weighted by molar-refractivity contribution is 6.47. The average Bonchev–Trinajstić information content (AvgIpc) is 0.918. The molecule has 0 saturated carbocycles. The lowest BCUT2D eigenvalue weighted by Gasteiger charge is -1.37. The molecular weight excluding hydrogens is 225 g/mol. The van der Waals surface area contributed by atoms with Crippen molar-refractivity contribution in [1.29, 1.82) is 0 Å². The van der Waals surface area contributed by atoms with Gasteiger partial charge < -0.3 is 0 Å². The first-order valence-electron chi connectivity index (χ1n) is 0.378. The van der Waals surface area contributed by atoms with Gasteiger partial charge in [-0.25, -0.2) is 0 Å². The smallest absolute Gasteiger partial charge is 0.147 e. The molecule has 7 heavy (non-hydrogen) atoms. The lowest BCUT2D eigenvalue weighted by atomic mass is 11.9. The van der Waals surface area contributed by atoms with E-state index >= 15 is 0 Å². The van der Waals surface area contributed by atoms with Crippen LogP contribution in [0.4, 0.5) is 0 Å². The number of hydrogen-bond donors (Lipinski definition) is 0. The molecule has 0 atom stereocenters. The van der Waals surface area contributed by atoms with Gasteiger partial charge in [-0.2, -0.15) is 0 Å². The molecule has 0 aromatic carbocycles. The van der Waals surface area contributed by atoms with E-state index in [9.17, 15) is 0 Å². The van der Waals surface area contributed by atoms with Crippen LogP contribution in [0.5, 0.6) is 0 Å². The lowest BCUT2D eigenvalue weighted by molar-refractivity contribution is 2.62. The molecule has 0 aromatic heterocycles. The Hall–Kier alpha value is 1.74. The Labute approximate surface area is 78.0 Å². The van der Waals surface area contributed by atoms with Crippen LogP contribution >= 0.6 is 72.8 Å². The van der Waals surface area contributed by atoms with Gasteiger partial charge in [-0.3, -0.25) is 0 Å². The van der Waals surface area contributed by atoms with Crippen LogP contribution in [0, 0.1) is 5.34 Å². The SMILES string of the molecule is Cl.Cl.Cl.Cl.Cl[C]Cl. The van der Waals surface area contributed by atoms with Crippen molar-refractivity contribution in [2.75, 3.05) is 0 Å². The zero-order chi connectivity index (χ0) is 2.71. The van der Waals surface area contributed by atoms with E-state index < -0.39 is 0 Å². The highest BCUT2D eigenvalue weighted by Gasteiger charge is 1.47. The maximum absolute atomic E-state index is 4.51. The third-order valence-electron chi connectivity index (χ3n) is 0. The van der Waals surface area contributed by atoms with Gasteiger partial charge in [0.2, 0.25) is 0 Å². The van der Waals surface area contributed by atoms with Gasteiger partial charge >= 0.3 is 0 Å². The van der Waals surface area contributed by atoms with Crippen LogP contribution in [-0.2, 0) is 0 Å². The van der Waals surface area contributed by atoms with Crippen molar-refractivity contribution in [3.05, 3.63) is 5.34 Å². The van der Waals surface area contributed by atoms with E-state index in [-0.39, 0.29) is 49.6 Å². The molecule has 0 fully saturated rings. The van der Waals surface area contributed by atoms with Crippen molar-refractivity contribution < 1.29 is 0 Å². The predicted molar refractivity (Wildman–Crippen MR) is 43.9 cm³/mol. The van der Waals surface area contributed by atoms with E-state index in [2.05, 4.69) is 23.2 Å².